The average molecular weight is 263 g/mol. The summed E-state index contributed by atoms with van der Waals surface area (Å²) in [6, 6.07) is 8.33. The molecule has 0 spiro atoms. The largest absolute Gasteiger partial charge is 0.462 e. The molecule has 0 heterocycles. The highest BCUT2D eigenvalue weighted by atomic mass is 16.5. The van der Waals surface area contributed by atoms with Gasteiger partial charge in [-0.1, -0.05) is 38.1 Å². The van der Waals surface area contributed by atoms with Crippen LogP contribution in [0.15, 0.2) is 24.3 Å². The van der Waals surface area contributed by atoms with Gasteiger partial charge in [-0.25, -0.2) is 4.79 Å². The summed E-state index contributed by atoms with van der Waals surface area (Å²) < 4.78 is 4.32. The Bertz CT molecular complexity index is 424. The van der Waals surface area contributed by atoms with E-state index in [0.717, 1.165) is 12.0 Å². The van der Waals surface area contributed by atoms with Gasteiger partial charge in [-0.15, -0.1) is 0 Å². The second-order valence-electron chi connectivity index (χ2n) is 4.91. The van der Waals surface area contributed by atoms with Crippen LogP contribution in [-0.4, -0.2) is 25.5 Å². The third-order valence-corrected chi connectivity index (χ3v) is 2.74. The van der Waals surface area contributed by atoms with Gasteiger partial charge in [0.1, 0.15) is 0 Å². The molecule has 1 aromatic carbocycles. The highest BCUT2D eigenvalue weighted by Crippen LogP contribution is 2.09. The fraction of sp³-hybridized carbons (Fsp3) is 0.467. The van der Waals surface area contributed by atoms with Crippen LogP contribution < -0.4 is 5.32 Å². The molecule has 0 aromatic heterocycles. The highest BCUT2D eigenvalue weighted by Gasteiger charge is 2.11. The van der Waals surface area contributed by atoms with Crippen molar-refractivity contribution >= 4 is 11.9 Å². The topological polar surface area (TPSA) is 55.4 Å². The Labute approximate surface area is 114 Å². The zero-order valence-electron chi connectivity index (χ0n) is 11.7. The van der Waals surface area contributed by atoms with E-state index >= 15 is 0 Å². The first-order valence-corrected chi connectivity index (χ1v) is 6.47. The molecule has 1 aromatic rings. The first-order valence-electron chi connectivity index (χ1n) is 6.47. The van der Waals surface area contributed by atoms with Crippen LogP contribution in [0, 0.1) is 5.92 Å². The number of carbonyl (C=O) groups is 2. The number of ether oxygens (including phenoxy) is 1. The predicted molar refractivity (Wildman–Crippen MR) is 73.7 cm³/mol. The molecule has 0 unspecified atom stereocenters. The second kappa shape index (κ2) is 7.56. The number of benzene rings is 1. The van der Waals surface area contributed by atoms with Gasteiger partial charge < -0.3 is 10.1 Å². The molecule has 1 N–H and O–H groups in total. The smallest absolute Gasteiger partial charge is 0.396 e. The molecule has 0 saturated heterocycles. The fourth-order valence-electron chi connectivity index (χ4n) is 1.80. The zero-order chi connectivity index (χ0) is 14.3. The first-order chi connectivity index (χ1) is 9.02. The second-order valence-corrected chi connectivity index (χ2v) is 4.91. The van der Waals surface area contributed by atoms with Crippen LogP contribution >= 0.6 is 0 Å². The number of carbonyl (C=O) groups excluding carboxylic acids is 2. The van der Waals surface area contributed by atoms with Crippen LogP contribution in [0.4, 0.5) is 0 Å². The molecule has 4 heteroatoms. The van der Waals surface area contributed by atoms with E-state index in [2.05, 4.69) is 48.2 Å². The maximum atomic E-state index is 11.2. The van der Waals surface area contributed by atoms with Gasteiger partial charge in [-0.2, -0.15) is 0 Å². The summed E-state index contributed by atoms with van der Waals surface area (Å²) >= 11 is 0. The van der Waals surface area contributed by atoms with Gasteiger partial charge in [-0.3, -0.25) is 4.79 Å². The lowest BCUT2D eigenvalue weighted by Crippen LogP contribution is -2.33. The summed E-state index contributed by atoms with van der Waals surface area (Å²) in [6.45, 7) is 4.81. The van der Waals surface area contributed by atoms with Gasteiger partial charge in [0.15, 0.2) is 0 Å². The minimum absolute atomic E-state index is 0.428. The van der Waals surface area contributed by atoms with Crippen molar-refractivity contribution in [1.82, 2.24) is 5.32 Å². The van der Waals surface area contributed by atoms with Gasteiger partial charge in [0.25, 0.3) is 0 Å². The van der Waals surface area contributed by atoms with E-state index in [9.17, 15) is 9.59 Å². The summed E-state index contributed by atoms with van der Waals surface area (Å²) in [7, 11) is 1.19. The van der Waals surface area contributed by atoms with Crippen LogP contribution in [0.5, 0.6) is 0 Å². The molecule has 104 valence electrons. The van der Waals surface area contributed by atoms with Gasteiger partial charge >= 0.3 is 11.9 Å². The Morgan fingerprint density at radius 3 is 2.26 bits per heavy atom. The van der Waals surface area contributed by atoms with Crippen molar-refractivity contribution in [2.75, 3.05) is 13.7 Å². The SMILES string of the molecule is COC(=O)C(=O)NCCc1ccc(CC(C)C)cc1. The predicted octanol–water partition coefficient (Wildman–Crippen LogP) is 1.72. The molecule has 19 heavy (non-hydrogen) atoms. The van der Waals surface area contributed by atoms with E-state index in [1.165, 1.54) is 12.7 Å². The number of nitrogens with one attached hydrogen (secondary N) is 1. The van der Waals surface area contributed by atoms with Gasteiger partial charge in [0, 0.05) is 6.54 Å². The minimum atomic E-state index is -0.854. The molecule has 0 aliphatic rings. The molecule has 0 aliphatic heterocycles. The highest BCUT2D eigenvalue weighted by molar-refractivity contribution is 6.32. The molecule has 0 bridgehead atoms. The number of esters is 1. The molecule has 1 rings (SSSR count). The number of amides is 1. The molecule has 0 atom stereocenters. The molecule has 0 saturated carbocycles. The summed E-state index contributed by atoms with van der Waals surface area (Å²) in [4.78, 5) is 22.0. The third-order valence-electron chi connectivity index (χ3n) is 2.74. The van der Waals surface area contributed by atoms with Crippen LogP contribution in [0.3, 0.4) is 0 Å². The van der Waals surface area contributed by atoms with Gasteiger partial charge in [-0.05, 0) is 29.9 Å². The van der Waals surface area contributed by atoms with E-state index in [1.54, 1.807) is 0 Å². The normalized spacial score (nSPS) is 10.3. The van der Waals surface area contributed by atoms with Crippen LogP contribution in [0.1, 0.15) is 25.0 Å². The average Bonchev–Trinajstić information content (AvgIpc) is 2.39. The molecule has 0 aliphatic carbocycles. The minimum Gasteiger partial charge on any atom is -0.462 e. The molecule has 0 radical (unpaired) electrons. The molecular weight excluding hydrogens is 242 g/mol. The van der Waals surface area contributed by atoms with Crippen molar-refractivity contribution in [2.45, 2.75) is 26.7 Å². The summed E-state index contributed by atoms with van der Waals surface area (Å²) in [6.07, 6.45) is 1.77. The zero-order valence-corrected chi connectivity index (χ0v) is 11.7. The summed E-state index contributed by atoms with van der Waals surface area (Å²) in [5.74, 6) is -0.906. The molecule has 4 nitrogen and oxygen atoms in total. The van der Waals surface area contributed by atoms with Crippen molar-refractivity contribution in [2.24, 2.45) is 5.92 Å². The van der Waals surface area contributed by atoms with Crippen LogP contribution in [0.2, 0.25) is 0 Å². The van der Waals surface area contributed by atoms with E-state index < -0.39 is 11.9 Å². The number of hydrogen-bond donors (Lipinski definition) is 1. The quantitative estimate of drug-likeness (QED) is 0.650. The fourth-order valence-corrected chi connectivity index (χ4v) is 1.80. The first kappa shape index (κ1) is 15.2. The Balaban J connectivity index is 2.38. The maximum absolute atomic E-state index is 11.2. The van der Waals surface area contributed by atoms with E-state index in [1.807, 2.05) is 0 Å². The van der Waals surface area contributed by atoms with E-state index in [0.29, 0.717) is 18.9 Å². The lowest BCUT2D eigenvalue weighted by atomic mass is 10.0. The summed E-state index contributed by atoms with van der Waals surface area (Å²) in [5, 5.41) is 2.52. The van der Waals surface area contributed by atoms with Crippen molar-refractivity contribution in [3.05, 3.63) is 35.4 Å². The Morgan fingerprint density at radius 2 is 1.74 bits per heavy atom. The molecule has 1 amide bonds. The van der Waals surface area contributed by atoms with Crippen LogP contribution in [0.25, 0.3) is 0 Å². The standard InChI is InChI=1S/C15H21NO3/c1-11(2)10-13-6-4-12(5-7-13)8-9-16-14(17)15(18)19-3/h4-7,11H,8-10H2,1-3H3,(H,16,17). The van der Waals surface area contributed by atoms with Gasteiger partial charge in [0.2, 0.25) is 0 Å². The molecular formula is C15H21NO3. The number of hydrogen-bond acceptors (Lipinski definition) is 3. The van der Waals surface area contributed by atoms with Crippen molar-refractivity contribution < 1.29 is 14.3 Å². The Morgan fingerprint density at radius 1 is 1.16 bits per heavy atom. The summed E-state index contributed by atoms with van der Waals surface area (Å²) in [5.41, 5.74) is 2.45. The Hall–Kier alpha value is -1.84. The lowest BCUT2D eigenvalue weighted by molar-refractivity contribution is -0.152. The van der Waals surface area contributed by atoms with Crippen molar-refractivity contribution in [3.8, 4) is 0 Å². The van der Waals surface area contributed by atoms with Crippen molar-refractivity contribution in [3.63, 3.8) is 0 Å². The van der Waals surface area contributed by atoms with Crippen molar-refractivity contribution in [1.29, 1.82) is 0 Å². The Kier molecular flexibility index (Phi) is 6.06. The third kappa shape index (κ3) is 5.55. The number of rotatable bonds is 5. The maximum Gasteiger partial charge on any atom is 0.396 e. The molecule has 0 fully saturated rings. The lowest BCUT2D eigenvalue weighted by Gasteiger charge is -2.07. The van der Waals surface area contributed by atoms with Crippen LogP contribution in [-0.2, 0) is 27.2 Å². The monoisotopic (exact) mass is 263 g/mol. The number of methoxy groups -OCH3 is 1. The van der Waals surface area contributed by atoms with E-state index in [4.69, 9.17) is 0 Å². The van der Waals surface area contributed by atoms with E-state index in [-0.39, 0.29) is 0 Å². The van der Waals surface area contributed by atoms with Gasteiger partial charge in [0.05, 0.1) is 7.11 Å².